The van der Waals surface area contributed by atoms with Crippen LogP contribution in [-0.2, 0) is 4.74 Å². The highest BCUT2D eigenvalue weighted by molar-refractivity contribution is 5.90. The van der Waals surface area contributed by atoms with Gasteiger partial charge < -0.3 is 20.9 Å². The number of nitrogen functional groups attached to an aromatic ring is 1. The Labute approximate surface area is 133 Å². The van der Waals surface area contributed by atoms with E-state index < -0.39 is 0 Å². The molecule has 0 spiro atoms. The van der Waals surface area contributed by atoms with E-state index in [1.807, 2.05) is 26.0 Å². The van der Waals surface area contributed by atoms with Crippen LogP contribution >= 0.6 is 0 Å². The van der Waals surface area contributed by atoms with Crippen molar-refractivity contribution in [2.45, 2.75) is 33.6 Å². The number of ether oxygens (including phenoxy) is 1. The molecule has 0 aliphatic heterocycles. The molecule has 0 aliphatic rings. The van der Waals surface area contributed by atoms with Gasteiger partial charge in [-0.15, -0.1) is 0 Å². The number of phenolic OH excluding ortho intramolecular Hbond substituents is 1. The number of phenols is 1. The fourth-order valence-corrected chi connectivity index (χ4v) is 2.54. The third-order valence-electron chi connectivity index (χ3n) is 3.78. The van der Waals surface area contributed by atoms with Gasteiger partial charge in [0.2, 0.25) is 0 Å². The lowest BCUT2D eigenvalue weighted by atomic mass is 9.93. The number of benzene rings is 1. The van der Waals surface area contributed by atoms with Crippen LogP contribution in [0.25, 0.3) is 11.1 Å². The smallest absolute Gasteiger partial charge is 0.163 e. The van der Waals surface area contributed by atoms with Crippen LogP contribution in [0.2, 0.25) is 0 Å². The van der Waals surface area contributed by atoms with Crippen molar-refractivity contribution in [3.63, 3.8) is 0 Å². The zero-order chi connectivity index (χ0) is 16.7. The number of rotatable bonds is 7. The van der Waals surface area contributed by atoms with Crippen molar-refractivity contribution in [2.24, 2.45) is 0 Å². The quantitative estimate of drug-likeness (QED) is 0.520. The predicted octanol–water partition coefficient (Wildman–Crippen LogP) is 4.27. The van der Waals surface area contributed by atoms with E-state index in [1.54, 1.807) is 14.2 Å². The Morgan fingerprint density at radius 1 is 1.41 bits per heavy atom. The Morgan fingerprint density at radius 3 is 2.59 bits per heavy atom. The third-order valence-corrected chi connectivity index (χ3v) is 3.78. The fraction of sp³-hybridized carbons (Fsp3) is 0.444. The molecule has 4 nitrogen and oxygen atoms in total. The van der Waals surface area contributed by atoms with Gasteiger partial charge in [-0.2, -0.15) is 0 Å². The lowest BCUT2D eigenvalue weighted by Crippen LogP contribution is -2.02. The van der Waals surface area contributed by atoms with Gasteiger partial charge in [0.15, 0.2) is 5.75 Å². The number of hydrogen-bond donors (Lipinski definition) is 3. The van der Waals surface area contributed by atoms with Crippen molar-refractivity contribution in [1.29, 1.82) is 0 Å². The maximum Gasteiger partial charge on any atom is 0.163 e. The van der Waals surface area contributed by atoms with Crippen molar-refractivity contribution in [2.75, 3.05) is 31.8 Å². The third kappa shape index (κ3) is 3.83. The van der Waals surface area contributed by atoms with E-state index in [2.05, 4.69) is 18.3 Å². The second-order valence-electron chi connectivity index (χ2n) is 5.27. The normalized spacial score (nSPS) is 12.6. The number of nitrogens with two attached hydrogens (primary N) is 1. The number of allylic oxidation sites excluding steroid dienone is 3. The highest BCUT2D eigenvalue weighted by atomic mass is 16.5. The van der Waals surface area contributed by atoms with E-state index in [0.29, 0.717) is 18.0 Å². The minimum Gasteiger partial charge on any atom is -0.504 e. The van der Waals surface area contributed by atoms with Crippen molar-refractivity contribution < 1.29 is 9.84 Å². The molecule has 0 aromatic heterocycles. The molecular formula is C18H28N2O2. The summed E-state index contributed by atoms with van der Waals surface area (Å²) in [6, 6.07) is 2.05. The molecule has 4 N–H and O–H groups in total. The fourth-order valence-electron chi connectivity index (χ4n) is 2.54. The summed E-state index contributed by atoms with van der Waals surface area (Å²) >= 11 is 0. The summed E-state index contributed by atoms with van der Waals surface area (Å²) in [5.74, 6) is 0.107. The minimum atomic E-state index is 0.107. The molecule has 1 aromatic rings. The molecule has 0 saturated heterocycles. The first kappa shape index (κ1) is 18.1. The topological polar surface area (TPSA) is 67.5 Å². The molecule has 0 unspecified atom stereocenters. The first-order valence-electron chi connectivity index (χ1n) is 7.66. The SMILES string of the molecule is C/C=C(/CCC)c1cc(/C(C)=C\COC)c(N)c(O)c1NC. The summed E-state index contributed by atoms with van der Waals surface area (Å²) in [7, 11) is 3.45. The van der Waals surface area contributed by atoms with Crippen LogP contribution in [0.4, 0.5) is 11.4 Å². The van der Waals surface area contributed by atoms with Crippen LogP contribution in [-0.4, -0.2) is 25.9 Å². The molecule has 0 atom stereocenters. The summed E-state index contributed by atoms with van der Waals surface area (Å²) in [6.07, 6.45) is 6.05. The van der Waals surface area contributed by atoms with Crippen LogP contribution in [0, 0.1) is 0 Å². The van der Waals surface area contributed by atoms with E-state index in [1.165, 1.54) is 5.57 Å². The van der Waals surface area contributed by atoms with Crippen molar-refractivity contribution in [1.82, 2.24) is 0 Å². The van der Waals surface area contributed by atoms with Crippen LogP contribution in [0.15, 0.2) is 18.2 Å². The highest BCUT2D eigenvalue weighted by Crippen LogP contribution is 2.42. The number of nitrogens with one attached hydrogen (secondary N) is 1. The van der Waals surface area contributed by atoms with Crippen LogP contribution in [0.3, 0.4) is 0 Å². The average molecular weight is 304 g/mol. The molecule has 0 amide bonds. The largest absolute Gasteiger partial charge is 0.504 e. The molecule has 0 fully saturated rings. The summed E-state index contributed by atoms with van der Waals surface area (Å²) in [6.45, 7) is 6.65. The van der Waals surface area contributed by atoms with Gasteiger partial charge in [-0.3, -0.25) is 0 Å². The van der Waals surface area contributed by atoms with Gasteiger partial charge in [-0.25, -0.2) is 0 Å². The highest BCUT2D eigenvalue weighted by Gasteiger charge is 2.17. The number of aromatic hydroxyl groups is 1. The number of methoxy groups -OCH3 is 1. The first-order chi connectivity index (χ1) is 10.5. The molecule has 22 heavy (non-hydrogen) atoms. The van der Waals surface area contributed by atoms with Gasteiger partial charge in [-0.1, -0.05) is 25.5 Å². The molecule has 1 rings (SSSR count). The zero-order valence-corrected chi connectivity index (χ0v) is 14.3. The lowest BCUT2D eigenvalue weighted by molar-refractivity contribution is 0.234. The van der Waals surface area contributed by atoms with Gasteiger partial charge in [-0.05, 0) is 37.5 Å². The minimum absolute atomic E-state index is 0.107. The maximum absolute atomic E-state index is 10.5. The molecule has 1 aromatic carbocycles. The maximum atomic E-state index is 10.5. The van der Waals surface area contributed by atoms with Crippen molar-refractivity contribution in [3.8, 4) is 5.75 Å². The summed E-state index contributed by atoms with van der Waals surface area (Å²) < 4.78 is 5.08. The van der Waals surface area contributed by atoms with Gasteiger partial charge in [0, 0.05) is 25.3 Å². The van der Waals surface area contributed by atoms with E-state index in [0.717, 1.165) is 29.5 Å². The van der Waals surface area contributed by atoms with E-state index in [4.69, 9.17) is 10.5 Å². The Balaban J connectivity index is 3.53. The Bertz CT molecular complexity index is 575. The second kappa shape index (κ2) is 8.49. The molecule has 0 radical (unpaired) electrons. The molecule has 0 aliphatic carbocycles. The molecular weight excluding hydrogens is 276 g/mol. The van der Waals surface area contributed by atoms with Crippen molar-refractivity contribution in [3.05, 3.63) is 29.3 Å². The van der Waals surface area contributed by atoms with E-state index >= 15 is 0 Å². The molecule has 0 bridgehead atoms. The molecule has 0 saturated carbocycles. The van der Waals surface area contributed by atoms with Gasteiger partial charge >= 0.3 is 0 Å². The molecule has 122 valence electrons. The Hall–Kier alpha value is -1.94. The monoisotopic (exact) mass is 304 g/mol. The second-order valence-corrected chi connectivity index (χ2v) is 5.27. The zero-order valence-electron chi connectivity index (χ0n) is 14.3. The van der Waals surface area contributed by atoms with Gasteiger partial charge in [0.05, 0.1) is 18.0 Å². The number of hydrogen-bond acceptors (Lipinski definition) is 4. The molecule has 4 heteroatoms. The molecule has 0 heterocycles. The average Bonchev–Trinajstić information content (AvgIpc) is 2.52. The first-order valence-corrected chi connectivity index (χ1v) is 7.66. The lowest BCUT2D eigenvalue weighted by Gasteiger charge is -2.19. The van der Waals surface area contributed by atoms with Crippen LogP contribution < -0.4 is 11.1 Å². The Kier molecular flexibility index (Phi) is 6.99. The van der Waals surface area contributed by atoms with E-state index in [9.17, 15) is 5.11 Å². The summed E-state index contributed by atoms with van der Waals surface area (Å²) in [4.78, 5) is 0. The predicted molar refractivity (Wildman–Crippen MR) is 96.2 cm³/mol. The van der Waals surface area contributed by atoms with Crippen LogP contribution in [0.1, 0.15) is 44.7 Å². The van der Waals surface area contributed by atoms with Gasteiger partial charge in [0.1, 0.15) is 0 Å². The van der Waals surface area contributed by atoms with Crippen LogP contribution in [0.5, 0.6) is 5.75 Å². The summed E-state index contributed by atoms with van der Waals surface area (Å²) in [5, 5.41) is 13.5. The standard InChI is InChI=1S/C18H28N2O2/c1-6-8-13(7-2)15-11-14(12(3)9-10-22-5)16(19)18(21)17(15)20-4/h7,9,11,20-21H,6,8,10,19H2,1-5H3/b12-9-,13-7-. The van der Waals surface area contributed by atoms with Crippen molar-refractivity contribution >= 4 is 22.5 Å². The van der Waals surface area contributed by atoms with E-state index in [-0.39, 0.29) is 5.75 Å². The number of anilines is 2. The Morgan fingerprint density at radius 2 is 2.09 bits per heavy atom. The van der Waals surface area contributed by atoms with Gasteiger partial charge in [0.25, 0.3) is 0 Å². The summed E-state index contributed by atoms with van der Waals surface area (Å²) in [5.41, 5.74) is 11.2.